The maximum Gasteiger partial charge on any atom is 0.233 e. The molecule has 6 atom stereocenters. The Morgan fingerprint density at radius 3 is 2.52 bits per heavy atom. The summed E-state index contributed by atoms with van der Waals surface area (Å²) in [5.74, 6) is -1.03. The third kappa shape index (κ3) is 3.56. The molecule has 174 valence electrons. The quantitative estimate of drug-likeness (QED) is 0.527. The van der Waals surface area contributed by atoms with E-state index in [1.807, 2.05) is 6.92 Å². The first kappa shape index (κ1) is 23.2. The molecule has 5 nitrogen and oxygen atoms in total. The van der Waals surface area contributed by atoms with Crippen LogP contribution >= 0.6 is 0 Å². The van der Waals surface area contributed by atoms with E-state index >= 15 is 0 Å². The van der Waals surface area contributed by atoms with Gasteiger partial charge in [-0.3, -0.25) is 4.79 Å². The van der Waals surface area contributed by atoms with Gasteiger partial charge in [0.15, 0.2) is 11.6 Å². The Labute approximate surface area is 187 Å². The number of allylic oxidation sites excluding steroid dienone is 4. The van der Waals surface area contributed by atoms with Gasteiger partial charge >= 0.3 is 0 Å². The molecule has 4 aliphatic rings. The minimum atomic E-state index is -1.13. The minimum Gasteiger partial charge on any atom is -0.348 e. The normalized spacial score (nSPS) is 43.2. The summed E-state index contributed by atoms with van der Waals surface area (Å²) < 4.78 is 24.1. The van der Waals surface area contributed by atoms with Crippen molar-refractivity contribution in [3.63, 3.8) is 0 Å². The molecular formula is C26H40O5. The number of carbonyl (C=O) groups is 1. The maximum absolute atomic E-state index is 14.3. The fourth-order valence-electron chi connectivity index (χ4n) is 7.20. The van der Waals surface area contributed by atoms with Crippen LogP contribution in [0.1, 0.15) is 66.7 Å². The van der Waals surface area contributed by atoms with Crippen molar-refractivity contribution in [1.29, 1.82) is 0 Å². The first-order chi connectivity index (χ1) is 14.6. The molecule has 4 rings (SSSR count). The van der Waals surface area contributed by atoms with E-state index in [-0.39, 0.29) is 23.0 Å². The number of hydrogen-bond acceptors (Lipinski definition) is 5. The lowest BCUT2D eigenvalue weighted by atomic mass is 9.44. The monoisotopic (exact) mass is 432 g/mol. The average molecular weight is 433 g/mol. The third-order valence-electron chi connectivity index (χ3n) is 8.64. The molecule has 0 amide bonds. The molecular weight excluding hydrogens is 392 g/mol. The summed E-state index contributed by atoms with van der Waals surface area (Å²) >= 11 is 0. The van der Waals surface area contributed by atoms with Gasteiger partial charge < -0.3 is 18.9 Å². The Kier molecular flexibility index (Phi) is 6.04. The van der Waals surface area contributed by atoms with E-state index in [1.165, 1.54) is 5.57 Å². The first-order valence-electron chi connectivity index (χ1n) is 11.9. The van der Waals surface area contributed by atoms with Gasteiger partial charge in [-0.1, -0.05) is 37.6 Å². The molecule has 2 aliphatic heterocycles. The molecule has 0 aromatic rings. The molecule has 1 saturated carbocycles. The highest BCUT2D eigenvalue weighted by atomic mass is 16.7. The SMILES string of the molecule is CO[C@@]12OC[C@@H]3CC=C[C@@](C)([C@@H]31)[C@H](CCC1(C)OCCO1)[C@@](C)(CCC=C(C)C)C2=O. The highest BCUT2D eigenvalue weighted by Gasteiger charge is 2.72. The van der Waals surface area contributed by atoms with Gasteiger partial charge in [0.2, 0.25) is 5.79 Å². The molecule has 3 fully saturated rings. The Hall–Kier alpha value is -1.01. The van der Waals surface area contributed by atoms with Gasteiger partial charge in [-0.25, -0.2) is 0 Å². The Morgan fingerprint density at radius 1 is 1.16 bits per heavy atom. The summed E-state index contributed by atoms with van der Waals surface area (Å²) in [5, 5.41) is 0. The van der Waals surface area contributed by atoms with Crippen LogP contribution < -0.4 is 0 Å². The predicted octanol–water partition coefficient (Wildman–Crippen LogP) is 5.05. The Morgan fingerprint density at radius 2 is 1.87 bits per heavy atom. The van der Waals surface area contributed by atoms with Crippen LogP contribution in [0.2, 0.25) is 0 Å². The van der Waals surface area contributed by atoms with Crippen LogP contribution in [-0.4, -0.2) is 44.3 Å². The van der Waals surface area contributed by atoms with Crippen molar-refractivity contribution in [2.45, 2.75) is 78.3 Å². The van der Waals surface area contributed by atoms with Gasteiger partial charge in [0.25, 0.3) is 0 Å². The van der Waals surface area contributed by atoms with E-state index in [9.17, 15) is 4.79 Å². The summed E-state index contributed by atoms with van der Waals surface area (Å²) in [6, 6.07) is 0. The molecule has 0 spiro atoms. The van der Waals surface area contributed by atoms with Gasteiger partial charge in [-0.15, -0.1) is 0 Å². The fourth-order valence-corrected chi connectivity index (χ4v) is 7.20. The van der Waals surface area contributed by atoms with Gasteiger partial charge in [0, 0.05) is 24.9 Å². The largest absolute Gasteiger partial charge is 0.348 e. The molecule has 2 heterocycles. The molecule has 2 aliphatic carbocycles. The highest BCUT2D eigenvalue weighted by Crippen LogP contribution is 2.66. The van der Waals surface area contributed by atoms with Crippen LogP contribution in [0, 0.1) is 28.6 Å². The van der Waals surface area contributed by atoms with Crippen LogP contribution in [0.5, 0.6) is 0 Å². The number of hydrogen-bond donors (Lipinski definition) is 0. The number of ketones is 1. The molecule has 31 heavy (non-hydrogen) atoms. The van der Waals surface area contributed by atoms with E-state index in [4.69, 9.17) is 18.9 Å². The lowest BCUT2D eigenvalue weighted by molar-refractivity contribution is -0.258. The molecule has 0 N–H and O–H groups in total. The third-order valence-corrected chi connectivity index (χ3v) is 8.64. The van der Waals surface area contributed by atoms with Crippen molar-refractivity contribution >= 4 is 5.78 Å². The Bertz CT molecular complexity index is 762. The topological polar surface area (TPSA) is 54.0 Å². The number of Topliss-reactive ketones (excluding diaryl/α,β-unsaturated/α-hetero) is 1. The summed E-state index contributed by atoms with van der Waals surface area (Å²) in [6.45, 7) is 12.6. The zero-order valence-electron chi connectivity index (χ0n) is 20.2. The summed E-state index contributed by atoms with van der Waals surface area (Å²) in [4.78, 5) is 14.3. The fraction of sp³-hybridized carbons (Fsp3) is 0.808. The number of ether oxygens (including phenoxy) is 4. The van der Waals surface area contributed by atoms with Crippen molar-refractivity contribution in [3.8, 4) is 0 Å². The predicted molar refractivity (Wildman–Crippen MR) is 119 cm³/mol. The highest BCUT2D eigenvalue weighted by molar-refractivity contribution is 5.93. The molecule has 0 aromatic heterocycles. The van der Waals surface area contributed by atoms with E-state index < -0.39 is 17.0 Å². The van der Waals surface area contributed by atoms with Crippen molar-refractivity contribution in [2.75, 3.05) is 26.9 Å². The van der Waals surface area contributed by atoms with Crippen molar-refractivity contribution in [3.05, 3.63) is 23.8 Å². The number of methoxy groups -OCH3 is 1. The zero-order chi connectivity index (χ0) is 22.5. The first-order valence-corrected chi connectivity index (χ1v) is 11.9. The van der Waals surface area contributed by atoms with E-state index in [1.54, 1.807) is 7.11 Å². The van der Waals surface area contributed by atoms with Crippen LogP contribution in [0.15, 0.2) is 23.8 Å². The van der Waals surface area contributed by atoms with Gasteiger partial charge in [0.1, 0.15) is 0 Å². The number of rotatable bonds is 7. The van der Waals surface area contributed by atoms with Crippen LogP contribution in [0.25, 0.3) is 0 Å². The van der Waals surface area contributed by atoms with Gasteiger partial charge in [-0.05, 0) is 63.7 Å². The van der Waals surface area contributed by atoms with Crippen LogP contribution in [0.4, 0.5) is 0 Å². The molecule has 0 bridgehead atoms. The second-order valence-electron chi connectivity index (χ2n) is 10.9. The van der Waals surface area contributed by atoms with E-state index in [2.05, 4.69) is 45.9 Å². The smallest absolute Gasteiger partial charge is 0.233 e. The standard InChI is InChI=1S/C26H40O5/c1-18(2)9-7-13-24(4)20(11-14-25(5)29-15-16-30-25)23(3)12-8-10-19-17-31-26(28-6,21(19)23)22(24)27/h8-9,12,19-21H,7,10-11,13-17H2,1-6H3/t19-,20-,21+,23+,24+,26+/m0/s1. The van der Waals surface area contributed by atoms with Crippen molar-refractivity contribution in [2.24, 2.45) is 28.6 Å². The summed E-state index contributed by atoms with van der Waals surface area (Å²) in [5.41, 5.74) is 0.542. The van der Waals surface area contributed by atoms with Crippen LogP contribution in [-0.2, 0) is 23.7 Å². The Balaban J connectivity index is 1.75. The summed E-state index contributed by atoms with van der Waals surface area (Å²) in [6.07, 6.45) is 11.2. The molecule has 5 heteroatoms. The lowest BCUT2D eigenvalue weighted by Gasteiger charge is -2.60. The summed E-state index contributed by atoms with van der Waals surface area (Å²) in [7, 11) is 1.65. The molecule has 0 unspecified atom stereocenters. The molecule has 2 saturated heterocycles. The molecule has 0 radical (unpaired) electrons. The van der Waals surface area contributed by atoms with E-state index in [0.29, 0.717) is 25.7 Å². The maximum atomic E-state index is 14.3. The average Bonchev–Trinajstić information content (AvgIpc) is 3.32. The van der Waals surface area contributed by atoms with Crippen LogP contribution in [0.3, 0.4) is 0 Å². The lowest BCUT2D eigenvalue weighted by Crippen LogP contribution is -2.67. The van der Waals surface area contributed by atoms with Gasteiger partial charge in [-0.2, -0.15) is 0 Å². The molecule has 0 aromatic carbocycles. The second kappa shape index (κ2) is 8.09. The van der Waals surface area contributed by atoms with Gasteiger partial charge in [0.05, 0.1) is 19.8 Å². The number of carbonyl (C=O) groups excluding carboxylic acids is 1. The second-order valence-corrected chi connectivity index (χ2v) is 10.9. The van der Waals surface area contributed by atoms with Crippen molar-refractivity contribution < 1.29 is 23.7 Å². The van der Waals surface area contributed by atoms with Crippen molar-refractivity contribution in [1.82, 2.24) is 0 Å². The zero-order valence-corrected chi connectivity index (χ0v) is 20.2. The van der Waals surface area contributed by atoms with E-state index in [0.717, 1.165) is 32.1 Å². The minimum absolute atomic E-state index is 0.0437.